The Hall–Kier alpha value is -2.88. The Morgan fingerprint density at radius 1 is 1.00 bits per heavy atom. The van der Waals surface area contributed by atoms with Crippen LogP contribution < -0.4 is 10.6 Å². The maximum Gasteiger partial charge on any atom is 0.251 e. The molecule has 0 saturated heterocycles. The number of carbonyl (C=O) groups excluding carboxylic acids is 1. The van der Waals surface area contributed by atoms with Gasteiger partial charge in [0, 0.05) is 34.6 Å². The fourth-order valence-corrected chi connectivity index (χ4v) is 2.55. The molecular formula is C19H17N3O. The lowest BCUT2D eigenvalue weighted by Crippen LogP contribution is -2.25. The molecule has 0 spiro atoms. The molecule has 1 aliphatic carbocycles. The van der Waals surface area contributed by atoms with Gasteiger partial charge in [-0.05, 0) is 55.3 Å². The van der Waals surface area contributed by atoms with Crippen molar-refractivity contribution < 1.29 is 4.79 Å². The number of hydrogen-bond donors (Lipinski definition) is 2. The van der Waals surface area contributed by atoms with Gasteiger partial charge in [-0.3, -0.25) is 9.78 Å². The van der Waals surface area contributed by atoms with E-state index in [1.54, 1.807) is 6.20 Å². The molecule has 114 valence electrons. The summed E-state index contributed by atoms with van der Waals surface area (Å²) in [5, 5.41) is 7.45. The molecule has 1 fully saturated rings. The van der Waals surface area contributed by atoms with Gasteiger partial charge in [-0.15, -0.1) is 0 Å². The lowest BCUT2D eigenvalue weighted by Gasteiger charge is -2.09. The molecule has 2 N–H and O–H groups in total. The number of nitrogens with zero attached hydrogens (tertiary/aromatic N) is 1. The summed E-state index contributed by atoms with van der Waals surface area (Å²) < 4.78 is 0. The van der Waals surface area contributed by atoms with Crippen LogP contribution in [0.1, 0.15) is 23.2 Å². The Kier molecular flexibility index (Phi) is 3.42. The van der Waals surface area contributed by atoms with E-state index in [1.807, 2.05) is 48.5 Å². The zero-order valence-electron chi connectivity index (χ0n) is 12.6. The van der Waals surface area contributed by atoms with Crippen LogP contribution in [-0.4, -0.2) is 16.9 Å². The maximum absolute atomic E-state index is 12.1. The highest BCUT2D eigenvalue weighted by molar-refractivity contribution is 5.95. The fraction of sp³-hybridized carbons (Fsp3) is 0.158. The third-order valence-corrected chi connectivity index (χ3v) is 3.93. The molecule has 1 amide bonds. The third kappa shape index (κ3) is 3.16. The number of nitrogens with one attached hydrogen (secondary N) is 2. The van der Waals surface area contributed by atoms with Crippen molar-refractivity contribution in [2.75, 3.05) is 5.32 Å². The predicted molar refractivity (Wildman–Crippen MR) is 92.0 cm³/mol. The lowest BCUT2D eigenvalue weighted by molar-refractivity contribution is 0.0951. The van der Waals surface area contributed by atoms with E-state index < -0.39 is 0 Å². The van der Waals surface area contributed by atoms with Gasteiger partial charge in [-0.1, -0.05) is 12.1 Å². The second-order valence-corrected chi connectivity index (χ2v) is 5.86. The van der Waals surface area contributed by atoms with E-state index in [0.29, 0.717) is 11.6 Å². The number of benzene rings is 2. The summed E-state index contributed by atoms with van der Waals surface area (Å²) in [7, 11) is 0. The molecule has 4 nitrogen and oxygen atoms in total. The van der Waals surface area contributed by atoms with Gasteiger partial charge >= 0.3 is 0 Å². The Morgan fingerprint density at radius 3 is 2.74 bits per heavy atom. The van der Waals surface area contributed by atoms with Gasteiger partial charge in [0.15, 0.2) is 0 Å². The Morgan fingerprint density at radius 2 is 1.87 bits per heavy atom. The number of hydrogen-bond acceptors (Lipinski definition) is 3. The quantitative estimate of drug-likeness (QED) is 0.769. The summed E-state index contributed by atoms with van der Waals surface area (Å²) in [5.41, 5.74) is 3.53. The van der Waals surface area contributed by atoms with Crippen LogP contribution in [0.25, 0.3) is 10.9 Å². The zero-order chi connectivity index (χ0) is 15.6. The summed E-state index contributed by atoms with van der Waals surface area (Å²) in [6, 6.07) is 17.9. The second kappa shape index (κ2) is 5.72. The molecule has 4 rings (SSSR count). The Bertz CT molecular complexity index is 871. The molecule has 3 aromatic rings. The van der Waals surface area contributed by atoms with Crippen molar-refractivity contribution in [2.45, 2.75) is 18.9 Å². The topological polar surface area (TPSA) is 54.0 Å². The number of amides is 1. The molecule has 0 aliphatic heterocycles. The first-order valence-electron chi connectivity index (χ1n) is 7.81. The molecule has 0 unspecified atom stereocenters. The van der Waals surface area contributed by atoms with Crippen LogP contribution in [0, 0.1) is 0 Å². The van der Waals surface area contributed by atoms with Crippen molar-refractivity contribution in [2.24, 2.45) is 0 Å². The minimum Gasteiger partial charge on any atom is -0.355 e. The maximum atomic E-state index is 12.1. The van der Waals surface area contributed by atoms with Gasteiger partial charge < -0.3 is 10.6 Å². The first-order chi connectivity index (χ1) is 11.3. The minimum atomic E-state index is -0.00105. The number of anilines is 2. The monoisotopic (exact) mass is 303 g/mol. The summed E-state index contributed by atoms with van der Waals surface area (Å²) in [6.07, 6.45) is 3.97. The van der Waals surface area contributed by atoms with Gasteiger partial charge in [0.2, 0.25) is 0 Å². The highest BCUT2D eigenvalue weighted by Crippen LogP contribution is 2.23. The highest BCUT2D eigenvalue weighted by Gasteiger charge is 2.23. The van der Waals surface area contributed by atoms with Crippen molar-refractivity contribution in [1.82, 2.24) is 10.3 Å². The third-order valence-electron chi connectivity index (χ3n) is 3.93. The van der Waals surface area contributed by atoms with Crippen LogP contribution in [0.5, 0.6) is 0 Å². The van der Waals surface area contributed by atoms with E-state index in [-0.39, 0.29) is 5.91 Å². The number of carbonyl (C=O) groups is 1. The van der Waals surface area contributed by atoms with E-state index in [9.17, 15) is 4.79 Å². The van der Waals surface area contributed by atoms with Gasteiger partial charge in [0.25, 0.3) is 5.91 Å². The highest BCUT2D eigenvalue weighted by atomic mass is 16.1. The second-order valence-electron chi connectivity index (χ2n) is 5.86. The van der Waals surface area contributed by atoms with Crippen LogP contribution in [0.4, 0.5) is 11.4 Å². The predicted octanol–water partition coefficient (Wildman–Crippen LogP) is 3.87. The molecule has 4 heteroatoms. The van der Waals surface area contributed by atoms with Crippen molar-refractivity contribution >= 4 is 28.2 Å². The van der Waals surface area contributed by atoms with E-state index in [4.69, 9.17) is 0 Å². The molecule has 1 aliphatic rings. The number of fused-ring (bicyclic) bond motifs is 1. The van der Waals surface area contributed by atoms with Gasteiger partial charge in [-0.25, -0.2) is 0 Å². The van der Waals surface area contributed by atoms with Crippen LogP contribution in [0.3, 0.4) is 0 Å². The van der Waals surface area contributed by atoms with Crippen molar-refractivity contribution in [3.05, 3.63) is 66.4 Å². The average molecular weight is 303 g/mol. The Labute approximate surface area is 134 Å². The summed E-state index contributed by atoms with van der Waals surface area (Å²) in [5.74, 6) is -0.00105. The number of pyridine rings is 1. The van der Waals surface area contributed by atoms with Crippen LogP contribution in [-0.2, 0) is 0 Å². The van der Waals surface area contributed by atoms with Crippen LogP contribution >= 0.6 is 0 Å². The zero-order valence-corrected chi connectivity index (χ0v) is 12.6. The Balaban J connectivity index is 1.56. The molecule has 1 heterocycles. The van der Waals surface area contributed by atoms with Crippen molar-refractivity contribution in [3.63, 3.8) is 0 Å². The molecular weight excluding hydrogens is 286 g/mol. The molecule has 0 bridgehead atoms. The van der Waals surface area contributed by atoms with Crippen molar-refractivity contribution in [1.29, 1.82) is 0 Å². The molecule has 2 aromatic carbocycles. The van der Waals surface area contributed by atoms with Crippen LogP contribution in [0.2, 0.25) is 0 Å². The van der Waals surface area contributed by atoms with Crippen molar-refractivity contribution in [3.8, 4) is 0 Å². The SMILES string of the molecule is O=C(NC1CC1)c1cccc(Nc2ccc3ncccc3c2)c1. The summed E-state index contributed by atoms with van der Waals surface area (Å²) in [4.78, 5) is 16.4. The summed E-state index contributed by atoms with van der Waals surface area (Å²) >= 11 is 0. The standard InChI is InChI=1S/C19H17N3O/c23-19(22-15-6-7-15)14-3-1-5-16(12-14)21-17-8-9-18-13(11-17)4-2-10-20-18/h1-5,8-12,15,21H,6-7H2,(H,22,23). The smallest absolute Gasteiger partial charge is 0.251 e. The van der Waals surface area contributed by atoms with Crippen LogP contribution in [0.15, 0.2) is 60.8 Å². The average Bonchev–Trinajstić information content (AvgIpc) is 3.39. The van der Waals surface area contributed by atoms with E-state index in [2.05, 4.69) is 21.7 Å². The molecule has 23 heavy (non-hydrogen) atoms. The minimum absolute atomic E-state index is 0.00105. The first-order valence-corrected chi connectivity index (χ1v) is 7.81. The van der Waals surface area contributed by atoms with Gasteiger partial charge in [0.1, 0.15) is 0 Å². The number of aromatic nitrogens is 1. The molecule has 1 aromatic heterocycles. The van der Waals surface area contributed by atoms with E-state index >= 15 is 0 Å². The first kappa shape index (κ1) is 13.8. The molecule has 0 radical (unpaired) electrons. The van der Waals surface area contributed by atoms with Gasteiger partial charge in [-0.2, -0.15) is 0 Å². The largest absolute Gasteiger partial charge is 0.355 e. The van der Waals surface area contributed by atoms with E-state index in [1.165, 1.54) is 0 Å². The lowest BCUT2D eigenvalue weighted by atomic mass is 10.1. The molecule has 0 atom stereocenters. The normalized spacial score (nSPS) is 13.7. The fourth-order valence-electron chi connectivity index (χ4n) is 2.55. The molecule has 1 saturated carbocycles. The summed E-state index contributed by atoms with van der Waals surface area (Å²) in [6.45, 7) is 0. The van der Waals surface area contributed by atoms with Gasteiger partial charge in [0.05, 0.1) is 5.52 Å². The van der Waals surface area contributed by atoms with E-state index in [0.717, 1.165) is 35.1 Å². The number of rotatable bonds is 4.